The van der Waals surface area contributed by atoms with Gasteiger partial charge in [0, 0.05) is 29.4 Å². The summed E-state index contributed by atoms with van der Waals surface area (Å²) in [6.07, 6.45) is 0.941. The van der Waals surface area contributed by atoms with Gasteiger partial charge in [-0.15, -0.1) is 0 Å². The van der Waals surface area contributed by atoms with Crippen LogP contribution in [0.5, 0.6) is 0 Å². The third kappa shape index (κ3) is 2.99. The molecule has 1 saturated carbocycles. The SMILES string of the molecule is CCc1ccc([C@H]2[C@H](S(=O)(=O)c3ccc(Cl)cc3)C2(CN)CN)cc1. The van der Waals surface area contributed by atoms with Crippen molar-refractivity contribution in [1.29, 1.82) is 0 Å². The molecule has 6 heteroatoms. The van der Waals surface area contributed by atoms with E-state index in [4.69, 9.17) is 23.1 Å². The van der Waals surface area contributed by atoms with E-state index >= 15 is 0 Å². The number of benzene rings is 2. The molecule has 2 atom stereocenters. The zero-order valence-electron chi connectivity index (χ0n) is 14.2. The summed E-state index contributed by atoms with van der Waals surface area (Å²) in [5, 5.41) is -0.103. The molecule has 0 unspecified atom stereocenters. The van der Waals surface area contributed by atoms with Crippen molar-refractivity contribution in [2.24, 2.45) is 16.9 Å². The van der Waals surface area contributed by atoms with Crippen LogP contribution in [0.25, 0.3) is 0 Å². The molecule has 0 bridgehead atoms. The smallest absolute Gasteiger partial charge is 0.182 e. The highest BCUT2D eigenvalue weighted by molar-refractivity contribution is 7.92. The molecule has 1 aliphatic carbocycles. The molecule has 2 aromatic carbocycles. The van der Waals surface area contributed by atoms with Gasteiger partial charge in [0.2, 0.25) is 0 Å². The van der Waals surface area contributed by atoms with Crippen molar-refractivity contribution in [2.75, 3.05) is 13.1 Å². The van der Waals surface area contributed by atoms with Crippen LogP contribution in [0.4, 0.5) is 0 Å². The van der Waals surface area contributed by atoms with E-state index in [0.29, 0.717) is 5.02 Å². The Hall–Kier alpha value is -1.40. The van der Waals surface area contributed by atoms with Crippen LogP contribution in [-0.2, 0) is 16.3 Å². The average molecular weight is 379 g/mol. The predicted octanol–water partition coefficient (Wildman–Crippen LogP) is 2.75. The van der Waals surface area contributed by atoms with Gasteiger partial charge in [-0.2, -0.15) is 0 Å². The molecule has 134 valence electrons. The summed E-state index contributed by atoms with van der Waals surface area (Å²) < 4.78 is 26.4. The molecular weight excluding hydrogens is 356 g/mol. The molecule has 1 aliphatic rings. The van der Waals surface area contributed by atoms with Crippen molar-refractivity contribution in [3.8, 4) is 0 Å². The average Bonchev–Trinajstić information content (AvgIpc) is 3.33. The quantitative estimate of drug-likeness (QED) is 0.809. The van der Waals surface area contributed by atoms with Crippen LogP contribution in [0.1, 0.15) is 24.0 Å². The second kappa shape index (κ2) is 6.72. The van der Waals surface area contributed by atoms with Gasteiger partial charge in [0.25, 0.3) is 0 Å². The van der Waals surface area contributed by atoms with Gasteiger partial charge in [-0.05, 0) is 41.8 Å². The molecule has 0 saturated heterocycles. The maximum atomic E-state index is 13.2. The molecule has 0 amide bonds. The van der Waals surface area contributed by atoms with E-state index in [9.17, 15) is 8.42 Å². The fraction of sp³-hybridized carbons (Fsp3) is 0.368. The highest BCUT2D eigenvalue weighted by Crippen LogP contribution is 2.62. The van der Waals surface area contributed by atoms with Crippen LogP contribution in [0.15, 0.2) is 53.4 Å². The van der Waals surface area contributed by atoms with E-state index in [0.717, 1.165) is 12.0 Å². The molecule has 1 fully saturated rings. The molecule has 0 aliphatic heterocycles. The Balaban J connectivity index is 2.02. The summed E-state index contributed by atoms with van der Waals surface area (Å²) in [5.41, 5.74) is 13.6. The summed E-state index contributed by atoms with van der Waals surface area (Å²) in [4.78, 5) is 0.265. The lowest BCUT2D eigenvalue weighted by atomic mass is 9.98. The van der Waals surface area contributed by atoms with Gasteiger partial charge in [-0.3, -0.25) is 0 Å². The summed E-state index contributed by atoms with van der Waals surface area (Å²) in [6.45, 7) is 2.56. The van der Waals surface area contributed by atoms with Crippen molar-refractivity contribution in [3.05, 3.63) is 64.7 Å². The first-order valence-corrected chi connectivity index (χ1v) is 10.3. The Labute approximate surface area is 154 Å². The number of sulfone groups is 1. The van der Waals surface area contributed by atoms with Gasteiger partial charge in [0.15, 0.2) is 9.84 Å². The topological polar surface area (TPSA) is 86.2 Å². The predicted molar refractivity (Wildman–Crippen MR) is 102 cm³/mol. The Morgan fingerprint density at radius 3 is 2.04 bits per heavy atom. The normalized spacial score (nSPS) is 21.9. The monoisotopic (exact) mass is 378 g/mol. The molecule has 4 N–H and O–H groups in total. The first kappa shape index (κ1) is 18.4. The number of halogens is 1. The zero-order chi connectivity index (χ0) is 18.2. The van der Waals surface area contributed by atoms with Gasteiger partial charge in [-0.1, -0.05) is 42.8 Å². The van der Waals surface area contributed by atoms with E-state index in [-0.39, 0.29) is 23.9 Å². The number of hydrogen-bond acceptors (Lipinski definition) is 4. The molecule has 3 rings (SSSR count). The van der Waals surface area contributed by atoms with Gasteiger partial charge < -0.3 is 11.5 Å². The lowest BCUT2D eigenvalue weighted by Crippen LogP contribution is -2.31. The number of hydrogen-bond donors (Lipinski definition) is 2. The lowest BCUT2D eigenvalue weighted by molar-refractivity contribution is 0.510. The van der Waals surface area contributed by atoms with Crippen LogP contribution in [0, 0.1) is 5.41 Å². The molecule has 25 heavy (non-hydrogen) atoms. The summed E-state index contributed by atoms with van der Waals surface area (Å²) >= 11 is 5.89. The maximum absolute atomic E-state index is 13.2. The first-order valence-electron chi connectivity index (χ1n) is 8.39. The lowest BCUT2D eigenvalue weighted by Gasteiger charge is -2.13. The van der Waals surface area contributed by atoms with Gasteiger partial charge in [0.05, 0.1) is 10.1 Å². The molecule has 0 radical (unpaired) electrons. The number of nitrogens with two attached hydrogens (primary N) is 2. The minimum atomic E-state index is -3.55. The van der Waals surface area contributed by atoms with Crippen LogP contribution in [-0.4, -0.2) is 26.8 Å². The van der Waals surface area contributed by atoms with Crippen LogP contribution >= 0.6 is 11.6 Å². The van der Waals surface area contributed by atoms with Crippen molar-refractivity contribution < 1.29 is 8.42 Å². The van der Waals surface area contributed by atoms with Crippen LogP contribution in [0.3, 0.4) is 0 Å². The largest absolute Gasteiger partial charge is 0.330 e. The second-order valence-corrected chi connectivity index (χ2v) is 9.14. The first-order chi connectivity index (χ1) is 11.9. The molecule has 0 heterocycles. The fourth-order valence-electron chi connectivity index (χ4n) is 3.75. The van der Waals surface area contributed by atoms with Gasteiger partial charge in [-0.25, -0.2) is 8.42 Å². The Kier molecular flexibility index (Phi) is 4.95. The van der Waals surface area contributed by atoms with E-state index in [1.807, 2.05) is 24.3 Å². The third-order valence-corrected chi connectivity index (χ3v) is 7.95. The van der Waals surface area contributed by atoms with Crippen LogP contribution < -0.4 is 11.5 Å². The third-order valence-electron chi connectivity index (χ3n) is 5.36. The van der Waals surface area contributed by atoms with Gasteiger partial charge >= 0.3 is 0 Å². The van der Waals surface area contributed by atoms with E-state index in [1.165, 1.54) is 5.56 Å². The molecular formula is C19H23ClN2O2S. The van der Waals surface area contributed by atoms with E-state index in [2.05, 4.69) is 6.92 Å². The summed E-state index contributed by atoms with van der Waals surface area (Å²) in [6, 6.07) is 14.4. The maximum Gasteiger partial charge on any atom is 0.182 e. The van der Waals surface area contributed by atoms with Crippen molar-refractivity contribution in [2.45, 2.75) is 29.4 Å². The van der Waals surface area contributed by atoms with E-state index < -0.39 is 20.5 Å². The van der Waals surface area contributed by atoms with Crippen LogP contribution in [0.2, 0.25) is 5.02 Å². The van der Waals surface area contributed by atoms with Gasteiger partial charge in [0.1, 0.15) is 0 Å². The summed E-state index contributed by atoms with van der Waals surface area (Å²) in [7, 11) is -3.55. The Morgan fingerprint density at radius 2 is 1.56 bits per heavy atom. The Bertz CT molecular complexity index is 844. The minimum Gasteiger partial charge on any atom is -0.330 e. The van der Waals surface area contributed by atoms with Crippen molar-refractivity contribution >= 4 is 21.4 Å². The molecule has 4 nitrogen and oxygen atoms in total. The second-order valence-electron chi connectivity index (χ2n) is 6.63. The molecule has 0 spiro atoms. The minimum absolute atomic E-state index is 0.186. The fourth-order valence-corrected chi connectivity index (χ4v) is 6.35. The molecule has 0 aromatic heterocycles. The summed E-state index contributed by atoms with van der Waals surface area (Å²) in [5.74, 6) is -0.186. The Morgan fingerprint density at radius 1 is 1.00 bits per heavy atom. The van der Waals surface area contributed by atoms with Crippen molar-refractivity contribution in [3.63, 3.8) is 0 Å². The van der Waals surface area contributed by atoms with Crippen molar-refractivity contribution in [1.82, 2.24) is 0 Å². The van der Waals surface area contributed by atoms with E-state index in [1.54, 1.807) is 24.3 Å². The zero-order valence-corrected chi connectivity index (χ0v) is 15.7. The molecule has 2 aromatic rings. The number of rotatable bonds is 6. The number of aryl methyl sites for hydroxylation is 1. The highest BCUT2D eigenvalue weighted by Gasteiger charge is 2.69. The standard InChI is InChI=1S/C19H23ClN2O2S/c1-2-13-3-5-14(6-4-13)17-18(19(17,11-21)12-22)25(23,24)16-9-7-15(20)8-10-16/h3-10,17-18H,2,11-12,21-22H2,1H3/t17-,18-/m0/s1. The highest BCUT2D eigenvalue weighted by atomic mass is 35.5.